The highest BCUT2D eigenvalue weighted by Gasteiger charge is 2.21. The molecule has 1 heterocycles. The van der Waals surface area contributed by atoms with Gasteiger partial charge in [-0.2, -0.15) is 0 Å². The van der Waals surface area contributed by atoms with Gasteiger partial charge in [0.25, 0.3) is 0 Å². The molecule has 2 unspecified atom stereocenters. The van der Waals surface area contributed by atoms with Gasteiger partial charge in [-0.05, 0) is 52.3 Å². The van der Waals surface area contributed by atoms with Gasteiger partial charge >= 0.3 is 0 Å². The molecule has 2 atom stereocenters. The van der Waals surface area contributed by atoms with E-state index in [0.29, 0.717) is 0 Å². The first kappa shape index (κ1) is 20.0. The summed E-state index contributed by atoms with van der Waals surface area (Å²) >= 11 is 0. The van der Waals surface area contributed by atoms with Gasteiger partial charge in [0.2, 0.25) is 0 Å². The number of guanidine groups is 1. The predicted molar refractivity (Wildman–Crippen MR) is 108 cm³/mol. The zero-order valence-corrected chi connectivity index (χ0v) is 16.8. The number of aliphatic imine (C=N–C) groups is 1. The van der Waals surface area contributed by atoms with Crippen molar-refractivity contribution in [2.24, 2.45) is 4.99 Å². The Labute approximate surface area is 157 Å². The second-order valence-corrected chi connectivity index (χ2v) is 7.40. The fourth-order valence-corrected chi connectivity index (χ4v) is 2.92. The molecule has 1 aromatic carbocycles. The van der Waals surface area contributed by atoms with E-state index in [4.69, 9.17) is 4.42 Å². The first-order chi connectivity index (χ1) is 12.3. The molecule has 0 aliphatic rings. The fourth-order valence-electron chi connectivity index (χ4n) is 2.92. The van der Waals surface area contributed by atoms with Gasteiger partial charge in [0.1, 0.15) is 11.5 Å². The summed E-state index contributed by atoms with van der Waals surface area (Å²) in [5.41, 5.74) is 1.18. The second-order valence-electron chi connectivity index (χ2n) is 7.40. The molecule has 3 N–H and O–H groups in total. The number of furan rings is 1. The predicted octanol–water partition coefficient (Wildman–Crippen LogP) is 3.94. The van der Waals surface area contributed by atoms with Crippen molar-refractivity contribution < 1.29 is 4.42 Å². The van der Waals surface area contributed by atoms with E-state index in [-0.39, 0.29) is 17.6 Å². The highest BCUT2D eigenvalue weighted by molar-refractivity contribution is 5.80. The van der Waals surface area contributed by atoms with Crippen LogP contribution in [0.2, 0.25) is 0 Å². The van der Waals surface area contributed by atoms with Crippen LogP contribution >= 0.6 is 0 Å². The molecule has 0 aliphatic carbocycles. The van der Waals surface area contributed by atoms with Crippen molar-refractivity contribution in [1.29, 1.82) is 0 Å². The van der Waals surface area contributed by atoms with Crippen LogP contribution in [0.4, 0.5) is 0 Å². The molecule has 142 valence electrons. The number of aryl methyl sites for hydroxylation is 1. The monoisotopic (exact) mass is 356 g/mol. The lowest BCUT2D eigenvalue weighted by molar-refractivity contribution is 0.344. The molecule has 0 fully saturated rings. The molecule has 1 aromatic heterocycles. The molecule has 26 heavy (non-hydrogen) atoms. The molecule has 0 saturated carbocycles. The minimum atomic E-state index is -0.0998. The molecule has 2 aromatic rings. The molecule has 0 bridgehead atoms. The van der Waals surface area contributed by atoms with Crippen LogP contribution in [0.3, 0.4) is 0 Å². The summed E-state index contributed by atoms with van der Waals surface area (Å²) in [4.78, 5) is 4.33. The van der Waals surface area contributed by atoms with E-state index in [2.05, 4.69) is 72.9 Å². The molecule has 2 rings (SSSR count). The molecular formula is C21H32N4O. The number of hydrogen-bond donors (Lipinski definition) is 3. The highest BCUT2D eigenvalue weighted by Crippen LogP contribution is 2.17. The van der Waals surface area contributed by atoms with E-state index < -0.39 is 0 Å². The Bertz CT molecular complexity index is 706. The first-order valence-electron chi connectivity index (χ1n) is 9.17. The third-order valence-corrected chi connectivity index (χ3v) is 4.37. The summed E-state index contributed by atoms with van der Waals surface area (Å²) in [7, 11) is 1.78. The number of benzene rings is 1. The van der Waals surface area contributed by atoms with Crippen molar-refractivity contribution >= 4 is 5.96 Å². The summed E-state index contributed by atoms with van der Waals surface area (Å²) in [5.74, 6) is 2.58. The molecule has 5 heteroatoms. The average Bonchev–Trinajstić information content (AvgIpc) is 3.05. The zero-order valence-electron chi connectivity index (χ0n) is 16.8. The Kier molecular flexibility index (Phi) is 6.86. The summed E-state index contributed by atoms with van der Waals surface area (Å²) in [6.45, 7) is 11.3. The van der Waals surface area contributed by atoms with Crippen LogP contribution in [0.25, 0.3) is 0 Å². The quantitative estimate of drug-likeness (QED) is 0.519. The van der Waals surface area contributed by atoms with Gasteiger partial charge in [-0.25, -0.2) is 0 Å². The van der Waals surface area contributed by atoms with Gasteiger partial charge in [0.05, 0.1) is 6.04 Å². The van der Waals surface area contributed by atoms with E-state index in [1.165, 1.54) is 5.56 Å². The fraction of sp³-hybridized carbons (Fsp3) is 0.476. The molecule has 0 amide bonds. The molecular weight excluding hydrogens is 324 g/mol. The van der Waals surface area contributed by atoms with Crippen molar-refractivity contribution in [1.82, 2.24) is 16.0 Å². The molecule has 0 spiro atoms. The van der Waals surface area contributed by atoms with Crippen molar-refractivity contribution in [2.75, 3.05) is 13.6 Å². The zero-order chi connectivity index (χ0) is 19.2. The summed E-state index contributed by atoms with van der Waals surface area (Å²) in [6.07, 6.45) is 0. The summed E-state index contributed by atoms with van der Waals surface area (Å²) in [6, 6.07) is 14.8. The first-order valence-corrected chi connectivity index (χ1v) is 9.17. The Morgan fingerprint density at radius 3 is 2.35 bits per heavy atom. The van der Waals surface area contributed by atoms with E-state index in [1.807, 2.05) is 25.1 Å². The normalized spacial score (nSPS) is 14.8. The van der Waals surface area contributed by atoms with Crippen LogP contribution in [0, 0.1) is 6.92 Å². The van der Waals surface area contributed by atoms with Crippen molar-refractivity contribution in [2.45, 2.75) is 52.2 Å². The van der Waals surface area contributed by atoms with Crippen LogP contribution in [-0.2, 0) is 0 Å². The lowest BCUT2D eigenvalue weighted by atomic mass is 10.0. The largest absolute Gasteiger partial charge is 0.464 e. The van der Waals surface area contributed by atoms with Gasteiger partial charge in [0, 0.05) is 25.2 Å². The number of nitrogens with one attached hydrogen (secondary N) is 3. The average molecular weight is 357 g/mol. The van der Waals surface area contributed by atoms with Gasteiger partial charge in [-0.3, -0.25) is 4.99 Å². The minimum absolute atomic E-state index is 0.0502. The molecule has 0 aliphatic heterocycles. The van der Waals surface area contributed by atoms with Gasteiger partial charge in [-0.15, -0.1) is 0 Å². The van der Waals surface area contributed by atoms with Crippen molar-refractivity contribution in [3.8, 4) is 0 Å². The lowest BCUT2D eigenvalue weighted by Crippen LogP contribution is -2.52. The second kappa shape index (κ2) is 8.90. The third-order valence-electron chi connectivity index (χ3n) is 4.37. The molecule has 0 radical (unpaired) electrons. The van der Waals surface area contributed by atoms with Crippen LogP contribution in [-0.4, -0.2) is 25.1 Å². The smallest absolute Gasteiger partial charge is 0.191 e. The number of nitrogens with zero attached hydrogens (tertiary/aromatic N) is 1. The Balaban J connectivity index is 1.88. The minimum Gasteiger partial charge on any atom is -0.464 e. The lowest BCUT2D eigenvalue weighted by Gasteiger charge is -2.31. The maximum atomic E-state index is 5.68. The van der Waals surface area contributed by atoms with Gasteiger partial charge in [-0.1, -0.05) is 30.3 Å². The van der Waals surface area contributed by atoms with E-state index in [1.54, 1.807) is 7.05 Å². The van der Waals surface area contributed by atoms with Crippen LogP contribution in [0.1, 0.15) is 56.9 Å². The third kappa shape index (κ3) is 5.92. The topological polar surface area (TPSA) is 61.6 Å². The maximum absolute atomic E-state index is 5.68. The standard InChI is InChI=1S/C21H32N4O/c1-15-12-13-19(26-15)17(3)24-20(22-6)23-14-21(4,5)25-16(2)18-10-8-7-9-11-18/h7-13,16-17,25H,14H2,1-6H3,(H2,22,23,24). The summed E-state index contributed by atoms with van der Waals surface area (Å²) < 4.78 is 5.68. The Morgan fingerprint density at radius 1 is 1.08 bits per heavy atom. The number of rotatable bonds is 7. The Hall–Kier alpha value is -2.27. The van der Waals surface area contributed by atoms with Crippen LogP contribution in [0.15, 0.2) is 51.9 Å². The summed E-state index contributed by atoms with van der Waals surface area (Å²) in [5, 5.41) is 10.5. The molecule has 5 nitrogen and oxygen atoms in total. The SMILES string of the molecule is CN=C(NCC(C)(C)NC(C)c1ccccc1)NC(C)c1ccc(C)o1. The van der Waals surface area contributed by atoms with Crippen molar-refractivity contribution in [3.63, 3.8) is 0 Å². The van der Waals surface area contributed by atoms with Crippen molar-refractivity contribution in [3.05, 3.63) is 59.5 Å². The number of hydrogen-bond acceptors (Lipinski definition) is 3. The van der Waals surface area contributed by atoms with Gasteiger partial charge < -0.3 is 20.4 Å². The highest BCUT2D eigenvalue weighted by atomic mass is 16.3. The van der Waals surface area contributed by atoms with E-state index in [0.717, 1.165) is 24.0 Å². The van der Waals surface area contributed by atoms with E-state index >= 15 is 0 Å². The van der Waals surface area contributed by atoms with Crippen LogP contribution in [0.5, 0.6) is 0 Å². The van der Waals surface area contributed by atoms with Crippen LogP contribution < -0.4 is 16.0 Å². The Morgan fingerprint density at radius 2 is 1.77 bits per heavy atom. The van der Waals surface area contributed by atoms with E-state index in [9.17, 15) is 0 Å². The van der Waals surface area contributed by atoms with Gasteiger partial charge in [0.15, 0.2) is 5.96 Å². The molecule has 0 saturated heterocycles. The maximum Gasteiger partial charge on any atom is 0.191 e.